The molecule has 6 heteroatoms. The first kappa shape index (κ1) is 20.9. The van der Waals surface area contributed by atoms with Crippen LogP contribution in [0.15, 0.2) is 66.7 Å². The number of anilines is 1. The van der Waals surface area contributed by atoms with E-state index in [0.717, 1.165) is 0 Å². The molecule has 0 spiro atoms. The number of rotatable bonds is 8. The zero-order valence-corrected chi connectivity index (χ0v) is 17.1. The highest BCUT2D eigenvalue weighted by Crippen LogP contribution is 2.38. The normalized spacial score (nSPS) is 10.2. The molecule has 154 valence electrons. The number of nitrogens with one attached hydrogen (secondary N) is 1. The Labute approximate surface area is 175 Å². The Balaban J connectivity index is 1.75. The van der Waals surface area contributed by atoms with Crippen molar-refractivity contribution in [1.82, 2.24) is 0 Å². The van der Waals surface area contributed by atoms with Crippen molar-refractivity contribution in [2.75, 3.05) is 26.6 Å². The van der Waals surface area contributed by atoms with E-state index in [4.69, 9.17) is 14.2 Å². The largest absolute Gasteiger partial charge is 0.493 e. The fourth-order valence-corrected chi connectivity index (χ4v) is 3.12. The molecule has 3 rings (SSSR count). The number of ketones is 1. The maximum atomic E-state index is 12.6. The molecule has 30 heavy (non-hydrogen) atoms. The summed E-state index contributed by atoms with van der Waals surface area (Å²) in [5.74, 6) is 1.10. The summed E-state index contributed by atoms with van der Waals surface area (Å²) in [6.07, 6.45) is 0.105. The standard InChI is InChI=1S/C24H23NO5/c1-28-20-12-16(13-21(29-2)24(20)30-3)14-22(26)25-19-11-7-10-18(15-19)23(27)17-8-5-4-6-9-17/h4-13,15H,14H2,1-3H3,(H,25,26). The number of ether oxygens (including phenoxy) is 3. The fraction of sp³-hybridized carbons (Fsp3) is 0.167. The van der Waals surface area contributed by atoms with Crippen molar-refractivity contribution in [2.45, 2.75) is 6.42 Å². The minimum Gasteiger partial charge on any atom is -0.493 e. The molecule has 0 aliphatic heterocycles. The first-order valence-corrected chi connectivity index (χ1v) is 9.34. The lowest BCUT2D eigenvalue weighted by atomic mass is 10.0. The Morgan fingerprint density at radius 2 is 1.40 bits per heavy atom. The molecule has 0 unspecified atom stereocenters. The van der Waals surface area contributed by atoms with Gasteiger partial charge in [-0.1, -0.05) is 42.5 Å². The lowest BCUT2D eigenvalue weighted by Gasteiger charge is -2.14. The molecule has 0 aromatic heterocycles. The molecule has 3 aromatic carbocycles. The van der Waals surface area contributed by atoms with Gasteiger partial charge in [0.25, 0.3) is 0 Å². The minimum atomic E-state index is -0.228. The second-order valence-corrected chi connectivity index (χ2v) is 6.53. The lowest BCUT2D eigenvalue weighted by Crippen LogP contribution is -2.15. The molecule has 0 heterocycles. The predicted octanol–water partition coefficient (Wildman–Crippen LogP) is 4.12. The molecule has 0 bridgehead atoms. The average molecular weight is 405 g/mol. The molecule has 0 fully saturated rings. The number of hydrogen-bond acceptors (Lipinski definition) is 5. The Hall–Kier alpha value is -3.80. The van der Waals surface area contributed by atoms with Crippen LogP contribution < -0.4 is 19.5 Å². The maximum Gasteiger partial charge on any atom is 0.228 e. The summed E-state index contributed by atoms with van der Waals surface area (Å²) in [4.78, 5) is 25.2. The van der Waals surface area contributed by atoms with Crippen LogP contribution >= 0.6 is 0 Å². The number of hydrogen-bond donors (Lipinski definition) is 1. The first-order valence-electron chi connectivity index (χ1n) is 9.34. The van der Waals surface area contributed by atoms with Crippen molar-refractivity contribution in [2.24, 2.45) is 0 Å². The van der Waals surface area contributed by atoms with Gasteiger partial charge in [-0.25, -0.2) is 0 Å². The number of benzene rings is 3. The molecule has 0 aliphatic rings. The maximum absolute atomic E-state index is 12.6. The Bertz CT molecular complexity index is 1020. The third-order valence-electron chi connectivity index (χ3n) is 4.53. The van der Waals surface area contributed by atoms with E-state index in [2.05, 4.69) is 5.32 Å². The van der Waals surface area contributed by atoms with E-state index >= 15 is 0 Å². The van der Waals surface area contributed by atoms with Gasteiger partial charge in [-0.3, -0.25) is 9.59 Å². The number of amides is 1. The van der Waals surface area contributed by atoms with Crippen LogP contribution in [0, 0.1) is 0 Å². The monoisotopic (exact) mass is 405 g/mol. The van der Waals surface area contributed by atoms with E-state index in [1.807, 2.05) is 18.2 Å². The van der Waals surface area contributed by atoms with Gasteiger partial charge in [0.05, 0.1) is 27.8 Å². The summed E-state index contributed by atoms with van der Waals surface area (Å²) in [5, 5.41) is 2.84. The SMILES string of the molecule is COc1cc(CC(=O)Nc2cccc(C(=O)c3ccccc3)c2)cc(OC)c1OC. The molecule has 0 saturated carbocycles. The topological polar surface area (TPSA) is 73.9 Å². The fourth-order valence-electron chi connectivity index (χ4n) is 3.12. The highest BCUT2D eigenvalue weighted by Gasteiger charge is 2.15. The highest BCUT2D eigenvalue weighted by atomic mass is 16.5. The van der Waals surface area contributed by atoms with Crippen molar-refractivity contribution in [3.05, 3.63) is 83.4 Å². The van der Waals surface area contributed by atoms with Crippen LogP contribution in [-0.4, -0.2) is 33.0 Å². The van der Waals surface area contributed by atoms with Gasteiger partial charge < -0.3 is 19.5 Å². The smallest absolute Gasteiger partial charge is 0.228 e. The van der Waals surface area contributed by atoms with Crippen LogP contribution in [0.25, 0.3) is 0 Å². The summed E-state index contributed by atoms with van der Waals surface area (Å²) >= 11 is 0. The van der Waals surface area contributed by atoms with Crippen LogP contribution in [0.5, 0.6) is 17.2 Å². The first-order chi connectivity index (χ1) is 14.5. The Morgan fingerprint density at radius 3 is 2.00 bits per heavy atom. The average Bonchev–Trinajstić information content (AvgIpc) is 2.78. The van der Waals surface area contributed by atoms with Crippen molar-refractivity contribution in [3.63, 3.8) is 0 Å². The molecular weight excluding hydrogens is 382 g/mol. The summed E-state index contributed by atoms with van der Waals surface area (Å²) in [7, 11) is 4.57. The predicted molar refractivity (Wildman–Crippen MR) is 115 cm³/mol. The summed E-state index contributed by atoms with van der Waals surface area (Å²) < 4.78 is 16.0. The van der Waals surface area contributed by atoms with Gasteiger partial charge in [-0.05, 0) is 29.8 Å². The summed E-state index contributed by atoms with van der Waals surface area (Å²) in [6, 6.07) is 19.4. The molecule has 0 aliphatic carbocycles. The van der Waals surface area contributed by atoms with Crippen LogP contribution in [0.2, 0.25) is 0 Å². The zero-order valence-electron chi connectivity index (χ0n) is 17.1. The van der Waals surface area contributed by atoms with Gasteiger partial charge in [0, 0.05) is 16.8 Å². The number of methoxy groups -OCH3 is 3. The Morgan fingerprint density at radius 1 is 0.767 bits per heavy atom. The molecular formula is C24H23NO5. The second kappa shape index (κ2) is 9.60. The lowest BCUT2D eigenvalue weighted by molar-refractivity contribution is -0.115. The molecule has 6 nitrogen and oxygen atoms in total. The minimum absolute atomic E-state index is 0.101. The molecule has 1 N–H and O–H groups in total. The van der Waals surface area contributed by atoms with E-state index in [-0.39, 0.29) is 18.1 Å². The van der Waals surface area contributed by atoms with Crippen molar-refractivity contribution in [1.29, 1.82) is 0 Å². The third kappa shape index (κ3) is 4.78. The molecule has 0 saturated heterocycles. The number of carbonyl (C=O) groups is 2. The van der Waals surface area contributed by atoms with Crippen LogP contribution in [0.4, 0.5) is 5.69 Å². The summed E-state index contributed by atoms with van der Waals surface area (Å²) in [6.45, 7) is 0. The van der Waals surface area contributed by atoms with Gasteiger partial charge in [0.15, 0.2) is 17.3 Å². The molecule has 0 radical (unpaired) electrons. The van der Waals surface area contributed by atoms with Crippen molar-refractivity contribution < 1.29 is 23.8 Å². The molecule has 0 atom stereocenters. The van der Waals surface area contributed by atoms with Crippen LogP contribution in [-0.2, 0) is 11.2 Å². The van der Waals surface area contributed by atoms with E-state index in [1.165, 1.54) is 21.3 Å². The van der Waals surface area contributed by atoms with Gasteiger partial charge >= 0.3 is 0 Å². The molecule has 3 aromatic rings. The van der Waals surface area contributed by atoms with Crippen LogP contribution in [0.1, 0.15) is 21.5 Å². The number of carbonyl (C=O) groups excluding carboxylic acids is 2. The summed E-state index contributed by atoms with van der Waals surface area (Å²) in [5.41, 5.74) is 2.36. The van der Waals surface area contributed by atoms with Crippen LogP contribution in [0.3, 0.4) is 0 Å². The van der Waals surface area contributed by atoms with Gasteiger partial charge in [0.1, 0.15) is 0 Å². The van der Waals surface area contributed by atoms with Gasteiger partial charge in [0.2, 0.25) is 11.7 Å². The van der Waals surface area contributed by atoms with Gasteiger partial charge in [-0.15, -0.1) is 0 Å². The second-order valence-electron chi connectivity index (χ2n) is 6.53. The Kier molecular flexibility index (Phi) is 6.70. The van der Waals surface area contributed by atoms with E-state index < -0.39 is 0 Å². The van der Waals surface area contributed by atoms with Crippen molar-refractivity contribution >= 4 is 17.4 Å². The zero-order chi connectivity index (χ0) is 21.5. The van der Waals surface area contributed by atoms with E-state index in [0.29, 0.717) is 39.6 Å². The highest BCUT2D eigenvalue weighted by molar-refractivity contribution is 6.09. The third-order valence-corrected chi connectivity index (χ3v) is 4.53. The van der Waals surface area contributed by atoms with E-state index in [1.54, 1.807) is 48.5 Å². The van der Waals surface area contributed by atoms with E-state index in [9.17, 15) is 9.59 Å². The molecule has 1 amide bonds. The quantitative estimate of drug-likeness (QED) is 0.571. The van der Waals surface area contributed by atoms with Crippen molar-refractivity contribution in [3.8, 4) is 17.2 Å². The van der Waals surface area contributed by atoms with Gasteiger partial charge in [-0.2, -0.15) is 0 Å².